The SMILES string of the molecule is COP(=O)(CCc1cc(CCC(CO)(CO)CO)cc(CCP(=O)(OC)OC)c1)OC. The van der Waals surface area contributed by atoms with Gasteiger partial charge < -0.3 is 33.4 Å². The van der Waals surface area contributed by atoms with Crippen LogP contribution in [0.4, 0.5) is 0 Å². The quantitative estimate of drug-likeness (QED) is 0.304. The third-order valence-corrected chi connectivity index (χ3v) is 9.29. The lowest BCUT2D eigenvalue weighted by atomic mass is 9.84. The van der Waals surface area contributed by atoms with Gasteiger partial charge in [-0.05, 0) is 42.4 Å². The third-order valence-electron chi connectivity index (χ3n) is 5.52. The van der Waals surface area contributed by atoms with Crippen molar-refractivity contribution in [3.05, 3.63) is 34.9 Å². The number of benzene rings is 1. The fraction of sp³-hybridized carbons (Fsp3) is 0.700. The largest absolute Gasteiger partial charge is 0.396 e. The average Bonchev–Trinajstić information content (AvgIpc) is 2.82. The Morgan fingerprint density at radius 3 is 1.29 bits per heavy atom. The molecule has 0 spiro atoms. The zero-order chi connectivity index (χ0) is 23.5. The van der Waals surface area contributed by atoms with Crippen molar-refractivity contribution in [2.45, 2.75) is 25.7 Å². The average molecular weight is 482 g/mol. The molecule has 180 valence electrons. The van der Waals surface area contributed by atoms with Crippen molar-refractivity contribution in [2.75, 3.05) is 60.6 Å². The topological polar surface area (TPSA) is 132 Å². The molecular weight excluding hydrogens is 446 g/mol. The lowest BCUT2D eigenvalue weighted by molar-refractivity contribution is -0.000272. The molecule has 9 nitrogen and oxygen atoms in total. The van der Waals surface area contributed by atoms with Gasteiger partial charge >= 0.3 is 15.2 Å². The molecule has 1 rings (SSSR count). The van der Waals surface area contributed by atoms with Crippen LogP contribution in [0, 0.1) is 5.41 Å². The summed E-state index contributed by atoms with van der Waals surface area (Å²) in [4.78, 5) is 0. The van der Waals surface area contributed by atoms with Gasteiger partial charge in [0.1, 0.15) is 0 Å². The maximum absolute atomic E-state index is 12.4. The smallest absolute Gasteiger partial charge is 0.330 e. The summed E-state index contributed by atoms with van der Waals surface area (Å²) < 4.78 is 44.8. The molecule has 1 aromatic carbocycles. The fourth-order valence-corrected chi connectivity index (χ4v) is 5.21. The minimum absolute atomic E-state index is 0.200. The minimum Gasteiger partial charge on any atom is -0.396 e. The number of aliphatic hydroxyl groups is 3. The molecule has 0 unspecified atom stereocenters. The van der Waals surface area contributed by atoms with Crippen LogP contribution in [-0.2, 0) is 46.5 Å². The van der Waals surface area contributed by atoms with Crippen LogP contribution in [0.2, 0.25) is 0 Å². The van der Waals surface area contributed by atoms with Crippen LogP contribution in [0.1, 0.15) is 23.1 Å². The summed E-state index contributed by atoms with van der Waals surface area (Å²) in [6.07, 6.45) is 2.16. The van der Waals surface area contributed by atoms with E-state index in [2.05, 4.69) is 0 Å². The molecule has 0 heterocycles. The molecule has 0 saturated heterocycles. The monoisotopic (exact) mass is 482 g/mol. The van der Waals surface area contributed by atoms with E-state index < -0.39 is 20.6 Å². The van der Waals surface area contributed by atoms with Crippen molar-refractivity contribution in [2.24, 2.45) is 5.41 Å². The standard InChI is InChI=1S/C20H36O9P2/c1-26-30(24,27-2)9-6-18-11-17(5-8-20(14-21,15-22)16-23)12-19(13-18)7-10-31(25,28-3)29-4/h11-13,21-23H,5-10,14-16H2,1-4H3. The molecule has 0 saturated carbocycles. The second-order valence-electron chi connectivity index (χ2n) is 7.53. The zero-order valence-electron chi connectivity index (χ0n) is 18.8. The van der Waals surface area contributed by atoms with E-state index in [1.54, 1.807) is 0 Å². The Balaban J connectivity index is 3.11. The Labute approximate surface area is 184 Å². The van der Waals surface area contributed by atoms with Gasteiger partial charge in [-0.2, -0.15) is 0 Å². The fourth-order valence-electron chi connectivity index (χ4n) is 3.12. The molecule has 0 amide bonds. The molecule has 3 N–H and O–H groups in total. The minimum atomic E-state index is -3.17. The first kappa shape index (κ1) is 28.4. The third kappa shape index (κ3) is 8.69. The second-order valence-corrected chi connectivity index (χ2v) is 12.3. The van der Waals surface area contributed by atoms with Gasteiger partial charge in [0, 0.05) is 33.9 Å². The summed E-state index contributed by atoms with van der Waals surface area (Å²) in [6, 6.07) is 5.83. The molecule has 11 heteroatoms. The van der Waals surface area contributed by atoms with Crippen LogP contribution in [-0.4, -0.2) is 75.9 Å². The van der Waals surface area contributed by atoms with Crippen molar-refractivity contribution in [3.8, 4) is 0 Å². The molecule has 0 aliphatic heterocycles. The predicted octanol–water partition coefficient (Wildman–Crippen LogP) is 2.64. The van der Waals surface area contributed by atoms with E-state index >= 15 is 0 Å². The number of aryl methyl sites for hydroxylation is 3. The Kier molecular flexibility index (Phi) is 12.1. The molecule has 0 aromatic heterocycles. The van der Waals surface area contributed by atoms with E-state index in [4.69, 9.17) is 18.1 Å². The van der Waals surface area contributed by atoms with E-state index in [0.29, 0.717) is 25.7 Å². The molecule has 0 fully saturated rings. The number of hydrogen-bond acceptors (Lipinski definition) is 9. The molecule has 0 aliphatic rings. The first-order chi connectivity index (χ1) is 14.7. The summed E-state index contributed by atoms with van der Waals surface area (Å²) >= 11 is 0. The van der Waals surface area contributed by atoms with Gasteiger partial charge in [0.2, 0.25) is 0 Å². The Hall–Kier alpha value is -0.600. The van der Waals surface area contributed by atoms with E-state index in [1.165, 1.54) is 28.4 Å². The van der Waals surface area contributed by atoms with Crippen LogP contribution in [0.25, 0.3) is 0 Å². The second kappa shape index (κ2) is 13.2. The first-order valence-corrected chi connectivity index (χ1v) is 13.5. The van der Waals surface area contributed by atoms with E-state index in [1.807, 2.05) is 18.2 Å². The Morgan fingerprint density at radius 2 is 1.00 bits per heavy atom. The van der Waals surface area contributed by atoms with Gasteiger partial charge in [-0.1, -0.05) is 18.2 Å². The highest BCUT2D eigenvalue weighted by Crippen LogP contribution is 2.47. The maximum Gasteiger partial charge on any atom is 0.330 e. The lowest BCUT2D eigenvalue weighted by Crippen LogP contribution is -2.34. The molecule has 0 bridgehead atoms. The van der Waals surface area contributed by atoms with Crippen LogP contribution in [0.15, 0.2) is 18.2 Å². The van der Waals surface area contributed by atoms with E-state index in [-0.39, 0.29) is 32.1 Å². The van der Waals surface area contributed by atoms with Crippen molar-refractivity contribution in [3.63, 3.8) is 0 Å². The molecule has 31 heavy (non-hydrogen) atoms. The van der Waals surface area contributed by atoms with E-state index in [9.17, 15) is 24.4 Å². The summed E-state index contributed by atoms with van der Waals surface area (Å²) in [6.45, 7) is -0.993. The van der Waals surface area contributed by atoms with E-state index in [0.717, 1.165) is 16.7 Å². The molecule has 1 aromatic rings. The van der Waals surface area contributed by atoms with Crippen LogP contribution >= 0.6 is 15.2 Å². The molecular formula is C20H36O9P2. The van der Waals surface area contributed by atoms with Crippen molar-refractivity contribution in [1.29, 1.82) is 0 Å². The summed E-state index contributed by atoms with van der Waals surface area (Å²) in [7, 11) is -0.959. The van der Waals surface area contributed by atoms with Crippen molar-refractivity contribution in [1.82, 2.24) is 0 Å². The van der Waals surface area contributed by atoms with Gasteiger partial charge in [0.05, 0.1) is 32.1 Å². The first-order valence-electron chi connectivity index (χ1n) is 10.0. The lowest BCUT2D eigenvalue weighted by Gasteiger charge is -2.27. The van der Waals surface area contributed by atoms with Gasteiger partial charge in [-0.3, -0.25) is 9.13 Å². The number of rotatable bonds is 16. The van der Waals surface area contributed by atoms with Crippen LogP contribution in [0.3, 0.4) is 0 Å². The highest BCUT2D eigenvalue weighted by molar-refractivity contribution is 7.54. The summed E-state index contributed by atoms with van der Waals surface area (Å²) in [5.41, 5.74) is 1.74. The highest BCUT2D eigenvalue weighted by atomic mass is 31.2. The Morgan fingerprint density at radius 1 is 0.677 bits per heavy atom. The van der Waals surface area contributed by atoms with Gasteiger partial charge in [0.25, 0.3) is 0 Å². The molecule has 0 radical (unpaired) electrons. The van der Waals surface area contributed by atoms with Gasteiger partial charge in [-0.15, -0.1) is 0 Å². The van der Waals surface area contributed by atoms with Crippen LogP contribution < -0.4 is 0 Å². The summed E-state index contributed by atoms with van der Waals surface area (Å²) in [5.74, 6) is 0. The Bertz CT molecular complexity index is 693. The summed E-state index contributed by atoms with van der Waals surface area (Å²) in [5, 5.41) is 28.7. The molecule has 0 atom stereocenters. The number of aliphatic hydroxyl groups excluding tert-OH is 3. The maximum atomic E-state index is 12.4. The predicted molar refractivity (Wildman–Crippen MR) is 119 cm³/mol. The zero-order valence-corrected chi connectivity index (χ0v) is 20.6. The van der Waals surface area contributed by atoms with Crippen LogP contribution in [0.5, 0.6) is 0 Å². The van der Waals surface area contributed by atoms with Gasteiger partial charge in [-0.25, -0.2) is 0 Å². The van der Waals surface area contributed by atoms with Crippen molar-refractivity contribution < 1.29 is 42.5 Å². The van der Waals surface area contributed by atoms with Gasteiger partial charge in [0.15, 0.2) is 0 Å². The number of hydrogen-bond donors (Lipinski definition) is 3. The highest BCUT2D eigenvalue weighted by Gasteiger charge is 2.28. The molecule has 0 aliphatic carbocycles. The normalized spacial score (nSPS) is 13.0. The van der Waals surface area contributed by atoms with Crippen molar-refractivity contribution >= 4 is 15.2 Å².